The van der Waals surface area contributed by atoms with Crippen molar-refractivity contribution >= 4 is 6.09 Å². The van der Waals surface area contributed by atoms with Gasteiger partial charge in [0.2, 0.25) is 0 Å². The van der Waals surface area contributed by atoms with Crippen LogP contribution in [0.25, 0.3) is 0 Å². The summed E-state index contributed by atoms with van der Waals surface area (Å²) >= 11 is 0. The quantitative estimate of drug-likeness (QED) is 0.822. The first kappa shape index (κ1) is 14.3. The number of ether oxygens (including phenoxy) is 3. The van der Waals surface area contributed by atoms with Crippen molar-refractivity contribution in [2.75, 3.05) is 20.3 Å². The summed E-state index contributed by atoms with van der Waals surface area (Å²) in [6.07, 6.45) is 1.36. The highest BCUT2D eigenvalue weighted by atomic mass is 16.6. The Hall–Kier alpha value is -0.810. The van der Waals surface area contributed by atoms with Crippen molar-refractivity contribution in [2.45, 2.75) is 51.4 Å². The van der Waals surface area contributed by atoms with Crippen molar-refractivity contribution in [2.24, 2.45) is 0 Å². The summed E-state index contributed by atoms with van der Waals surface area (Å²) < 4.78 is 15.9. The van der Waals surface area contributed by atoms with E-state index in [1.165, 1.54) is 0 Å². The predicted molar refractivity (Wildman–Crippen MR) is 64.0 cm³/mol. The van der Waals surface area contributed by atoms with E-state index in [1.54, 1.807) is 7.11 Å². The van der Waals surface area contributed by atoms with E-state index >= 15 is 0 Å². The Balaban J connectivity index is 2.44. The van der Waals surface area contributed by atoms with Gasteiger partial charge in [0.25, 0.3) is 0 Å². The van der Waals surface area contributed by atoms with Crippen LogP contribution in [-0.4, -0.2) is 44.2 Å². The summed E-state index contributed by atoms with van der Waals surface area (Å²) in [6, 6.07) is -0.0291. The molecule has 0 spiro atoms. The van der Waals surface area contributed by atoms with Crippen LogP contribution >= 0.6 is 0 Å². The van der Waals surface area contributed by atoms with Gasteiger partial charge in [0, 0.05) is 13.7 Å². The molecule has 0 bridgehead atoms. The van der Waals surface area contributed by atoms with Gasteiger partial charge in [-0.15, -0.1) is 0 Å². The Morgan fingerprint density at radius 2 is 2.18 bits per heavy atom. The Kier molecular flexibility index (Phi) is 5.21. The maximum atomic E-state index is 11.6. The van der Waals surface area contributed by atoms with Crippen LogP contribution < -0.4 is 5.32 Å². The summed E-state index contributed by atoms with van der Waals surface area (Å²) in [6.45, 7) is 6.74. The van der Waals surface area contributed by atoms with Crippen LogP contribution in [-0.2, 0) is 14.2 Å². The topological polar surface area (TPSA) is 56.8 Å². The van der Waals surface area contributed by atoms with E-state index < -0.39 is 11.7 Å². The van der Waals surface area contributed by atoms with Crippen LogP contribution in [0.5, 0.6) is 0 Å². The van der Waals surface area contributed by atoms with Crippen molar-refractivity contribution in [3.8, 4) is 0 Å². The molecule has 0 aromatic rings. The molecular formula is C12H23NO4. The fourth-order valence-corrected chi connectivity index (χ4v) is 1.79. The summed E-state index contributed by atoms with van der Waals surface area (Å²) in [5, 5.41) is 2.84. The SMILES string of the molecule is COCC1OCCCC1NC(=O)OC(C)(C)C. The third kappa shape index (κ3) is 5.37. The summed E-state index contributed by atoms with van der Waals surface area (Å²) in [5.41, 5.74) is -0.476. The second-order valence-corrected chi connectivity index (χ2v) is 5.26. The first-order chi connectivity index (χ1) is 7.92. The van der Waals surface area contributed by atoms with E-state index in [2.05, 4.69) is 5.32 Å². The van der Waals surface area contributed by atoms with Gasteiger partial charge >= 0.3 is 6.09 Å². The van der Waals surface area contributed by atoms with E-state index in [-0.39, 0.29) is 12.1 Å². The Morgan fingerprint density at radius 1 is 1.47 bits per heavy atom. The van der Waals surface area contributed by atoms with Crippen LogP contribution in [0.1, 0.15) is 33.6 Å². The monoisotopic (exact) mass is 245 g/mol. The number of nitrogens with one attached hydrogen (secondary N) is 1. The Labute approximate surface area is 103 Å². The van der Waals surface area contributed by atoms with E-state index in [1.807, 2.05) is 20.8 Å². The van der Waals surface area contributed by atoms with Crippen molar-refractivity contribution in [1.29, 1.82) is 0 Å². The first-order valence-electron chi connectivity index (χ1n) is 6.02. The maximum absolute atomic E-state index is 11.6. The molecular weight excluding hydrogens is 222 g/mol. The molecule has 1 saturated heterocycles. The molecule has 0 aromatic heterocycles. The normalized spacial score (nSPS) is 25.4. The van der Waals surface area contributed by atoms with Crippen molar-refractivity contribution < 1.29 is 19.0 Å². The molecule has 17 heavy (non-hydrogen) atoms. The molecule has 1 rings (SSSR count). The summed E-state index contributed by atoms with van der Waals surface area (Å²) in [4.78, 5) is 11.6. The second kappa shape index (κ2) is 6.21. The standard InChI is InChI=1S/C12H23NO4/c1-12(2,3)17-11(14)13-9-6-5-7-16-10(9)8-15-4/h9-10H,5-8H2,1-4H3,(H,13,14). The van der Waals surface area contributed by atoms with E-state index in [4.69, 9.17) is 14.2 Å². The molecule has 0 aromatic carbocycles. The minimum Gasteiger partial charge on any atom is -0.444 e. The number of hydrogen-bond donors (Lipinski definition) is 1. The number of carbonyl (C=O) groups excluding carboxylic acids is 1. The number of methoxy groups -OCH3 is 1. The van der Waals surface area contributed by atoms with Gasteiger partial charge in [-0.3, -0.25) is 0 Å². The molecule has 0 saturated carbocycles. The Morgan fingerprint density at radius 3 is 2.76 bits per heavy atom. The predicted octanol–water partition coefficient (Wildman–Crippen LogP) is 1.71. The summed E-state index contributed by atoms with van der Waals surface area (Å²) in [7, 11) is 1.63. The number of alkyl carbamates (subject to hydrolysis) is 1. The van der Waals surface area contributed by atoms with Gasteiger partial charge in [-0.25, -0.2) is 4.79 Å². The molecule has 100 valence electrons. The number of amides is 1. The third-order valence-corrected chi connectivity index (χ3v) is 2.47. The molecule has 1 aliphatic heterocycles. The van der Waals surface area contributed by atoms with Crippen molar-refractivity contribution in [3.63, 3.8) is 0 Å². The number of hydrogen-bond acceptors (Lipinski definition) is 4. The van der Waals surface area contributed by atoms with Gasteiger partial charge in [-0.2, -0.15) is 0 Å². The van der Waals surface area contributed by atoms with Crippen LogP contribution in [0.15, 0.2) is 0 Å². The molecule has 0 aliphatic carbocycles. The summed E-state index contributed by atoms with van der Waals surface area (Å²) in [5.74, 6) is 0. The molecule has 1 N–H and O–H groups in total. The highest BCUT2D eigenvalue weighted by Crippen LogP contribution is 2.15. The van der Waals surface area contributed by atoms with Crippen molar-refractivity contribution in [3.05, 3.63) is 0 Å². The number of carbonyl (C=O) groups is 1. The molecule has 2 atom stereocenters. The minimum absolute atomic E-state index is 0.0291. The molecule has 5 heteroatoms. The van der Waals surface area contributed by atoms with Gasteiger partial charge in [0.05, 0.1) is 12.6 Å². The average molecular weight is 245 g/mol. The van der Waals surface area contributed by atoms with Gasteiger partial charge in [0.1, 0.15) is 11.7 Å². The number of rotatable bonds is 3. The molecule has 5 nitrogen and oxygen atoms in total. The van der Waals surface area contributed by atoms with E-state index in [0.29, 0.717) is 6.61 Å². The smallest absolute Gasteiger partial charge is 0.407 e. The lowest BCUT2D eigenvalue weighted by molar-refractivity contribution is -0.0506. The molecule has 0 radical (unpaired) electrons. The van der Waals surface area contributed by atoms with Crippen LogP contribution in [0, 0.1) is 0 Å². The van der Waals surface area contributed by atoms with Gasteiger partial charge < -0.3 is 19.5 Å². The lowest BCUT2D eigenvalue weighted by Crippen LogP contribution is -2.50. The largest absolute Gasteiger partial charge is 0.444 e. The minimum atomic E-state index is -0.476. The molecule has 1 amide bonds. The zero-order chi connectivity index (χ0) is 12.9. The maximum Gasteiger partial charge on any atom is 0.407 e. The molecule has 1 heterocycles. The second-order valence-electron chi connectivity index (χ2n) is 5.26. The molecule has 1 fully saturated rings. The van der Waals surface area contributed by atoms with Gasteiger partial charge in [-0.05, 0) is 33.6 Å². The van der Waals surface area contributed by atoms with Gasteiger partial charge in [-0.1, -0.05) is 0 Å². The third-order valence-electron chi connectivity index (χ3n) is 2.47. The lowest BCUT2D eigenvalue weighted by Gasteiger charge is -2.32. The first-order valence-corrected chi connectivity index (χ1v) is 6.02. The van der Waals surface area contributed by atoms with Crippen LogP contribution in [0.3, 0.4) is 0 Å². The molecule has 1 aliphatic rings. The lowest BCUT2D eigenvalue weighted by atomic mass is 10.0. The van der Waals surface area contributed by atoms with Gasteiger partial charge in [0.15, 0.2) is 0 Å². The average Bonchev–Trinajstić information content (AvgIpc) is 2.18. The van der Waals surface area contributed by atoms with Crippen molar-refractivity contribution in [1.82, 2.24) is 5.32 Å². The molecule has 2 unspecified atom stereocenters. The zero-order valence-electron chi connectivity index (χ0n) is 11.1. The fourth-order valence-electron chi connectivity index (χ4n) is 1.79. The van der Waals surface area contributed by atoms with Crippen LogP contribution in [0.4, 0.5) is 4.79 Å². The highest BCUT2D eigenvalue weighted by molar-refractivity contribution is 5.68. The van der Waals surface area contributed by atoms with E-state index in [0.717, 1.165) is 19.4 Å². The van der Waals surface area contributed by atoms with E-state index in [9.17, 15) is 4.79 Å². The highest BCUT2D eigenvalue weighted by Gasteiger charge is 2.28. The van der Waals surface area contributed by atoms with Crippen LogP contribution in [0.2, 0.25) is 0 Å². The Bertz CT molecular complexity index is 247. The fraction of sp³-hybridized carbons (Fsp3) is 0.917. The zero-order valence-corrected chi connectivity index (χ0v) is 11.1.